The minimum Gasteiger partial charge on any atom is -0.316 e. The highest BCUT2D eigenvalue weighted by Crippen LogP contribution is 2.44. The van der Waals surface area contributed by atoms with Gasteiger partial charge in [0.1, 0.15) is 0 Å². The monoisotopic (exact) mass is 201 g/mol. The van der Waals surface area contributed by atoms with Crippen molar-refractivity contribution in [2.24, 2.45) is 11.3 Å². The lowest BCUT2D eigenvalue weighted by molar-refractivity contribution is 0.135. The van der Waals surface area contributed by atoms with Crippen LogP contribution in [0.3, 0.4) is 0 Å². The number of piperidine rings is 1. The van der Waals surface area contributed by atoms with E-state index in [1.54, 1.807) is 0 Å². The predicted octanol–water partition coefficient (Wildman–Crippen LogP) is 2.71. The molecule has 1 saturated heterocycles. The standard InChI is InChI=1S/C11H24NP/c1-9(2)11(10(3)13-4)6-5-7-12-8-11/h9-10,12-13H,5-8H2,1-4H3. The van der Waals surface area contributed by atoms with Gasteiger partial charge in [0.2, 0.25) is 0 Å². The highest BCUT2D eigenvalue weighted by Gasteiger charge is 2.39. The highest BCUT2D eigenvalue weighted by atomic mass is 31.1. The van der Waals surface area contributed by atoms with Crippen LogP contribution in [-0.4, -0.2) is 25.4 Å². The summed E-state index contributed by atoms with van der Waals surface area (Å²) in [6.07, 6.45) is 2.80. The molecule has 0 bridgehead atoms. The molecule has 0 aliphatic carbocycles. The van der Waals surface area contributed by atoms with Crippen LogP contribution in [0.2, 0.25) is 0 Å². The first-order valence-corrected chi connectivity index (χ1v) is 7.09. The van der Waals surface area contributed by atoms with E-state index in [9.17, 15) is 0 Å². The number of rotatable bonds is 3. The van der Waals surface area contributed by atoms with Crippen LogP contribution in [0.5, 0.6) is 0 Å². The third kappa shape index (κ3) is 2.25. The summed E-state index contributed by atoms with van der Waals surface area (Å²) >= 11 is 0. The van der Waals surface area contributed by atoms with Crippen molar-refractivity contribution in [3.63, 3.8) is 0 Å². The molecule has 0 aromatic heterocycles. The van der Waals surface area contributed by atoms with E-state index in [1.165, 1.54) is 25.9 Å². The fraction of sp³-hybridized carbons (Fsp3) is 1.00. The molecule has 1 fully saturated rings. The molecule has 1 N–H and O–H groups in total. The third-order valence-electron chi connectivity index (χ3n) is 3.90. The molecule has 13 heavy (non-hydrogen) atoms. The smallest absolute Gasteiger partial charge is 0.00161 e. The molecule has 1 nitrogen and oxygen atoms in total. The summed E-state index contributed by atoms with van der Waals surface area (Å²) in [6.45, 7) is 12.0. The first kappa shape index (κ1) is 11.5. The molecule has 0 aromatic carbocycles. The summed E-state index contributed by atoms with van der Waals surface area (Å²) in [7, 11) is 1.09. The van der Waals surface area contributed by atoms with Gasteiger partial charge in [-0.3, -0.25) is 0 Å². The van der Waals surface area contributed by atoms with Gasteiger partial charge in [-0.15, -0.1) is 8.58 Å². The largest absolute Gasteiger partial charge is 0.316 e. The second-order valence-corrected chi connectivity index (χ2v) is 6.12. The van der Waals surface area contributed by atoms with Gasteiger partial charge in [-0.2, -0.15) is 0 Å². The Balaban J connectivity index is 2.72. The Morgan fingerprint density at radius 3 is 2.38 bits per heavy atom. The van der Waals surface area contributed by atoms with Gasteiger partial charge < -0.3 is 5.32 Å². The average Bonchev–Trinajstić information content (AvgIpc) is 2.17. The zero-order valence-corrected chi connectivity index (χ0v) is 10.5. The quantitative estimate of drug-likeness (QED) is 0.692. The number of hydrogen-bond acceptors (Lipinski definition) is 1. The SMILES string of the molecule is CPC(C)C1(C(C)C)CCCNC1. The van der Waals surface area contributed by atoms with Crippen LogP contribution >= 0.6 is 8.58 Å². The van der Waals surface area contributed by atoms with Gasteiger partial charge in [-0.1, -0.05) is 20.8 Å². The lowest BCUT2D eigenvalue weighted by Gasteiger charge is -2.45. The lowest BCUT2D eigenvalue weighted by atomic mass is 9.70. The maximum atomic E-state index is 3.58. The lowest BCUT2D eigenvalue weighted by Crippen LogP contribution is -2.48. The molecule has 0 radical (unpaired) electrons. The molecule has 1 rings (SSSR count). The Morgan fingerprint density at radius 1 is 1.31 bits per heavy atom. The van der Waals surface area contributed by atoms with Gasteiger partial charge in [0.05, 0.1) is 0 Å². The third-order valence-corrected chi connectivity index (χ3v) is 5.34. The zero-order chi connectivity index (χ0) is 9.90. The predicted molar refractivity (Wildman–Crippen MR) is 63.1 cm³/mol. The van der Waals surface area contributed by atoms with Crippen molar-refractivity contribution < 1.29 is 0 Å². The van der Waals surface area contributed by atoms with Gasteiger partial charge >= 0.3 is 0 Å². The topological polar surface area (TPSA) is 12.0 Å². The number of hydrogen-bond donors (Lipinski definition) is 1. The molecule has 3 unspecified atom stereocenters. The molecule has 0 aromatic rings. The normalized spacial score (nSPS) is 33.0. The fourth-order valence-corrected chi connectivity index (χ4v) is 3.76. The van der Waals surface area contributed by atoms with E-state index < -0.39 is 0 Å². The van der Waals surface area contributed by atoms with Gasteiger partial charge in [0.25, 0.3) is 0 Å². The van der Waals surface area contributed by atoms with E-state index in [4.69, 9.17) is 0 Å². The molecular formula is C11H24NP. The van der Waals surface area contributed by atoms with Crippen molar-refractivity contribution in [3.8, 4) is 0 Å². The molecule has 2 heteroatoms. The summed E-state index contributed by atoms with van der Waals surface area (Å²) in [6, 6.07) is 0. The number of nitrogens with one attached hydrogen (secondary N) is 1. The maximum Gasteiger partial charge on any atom is 0.00161 e. The second-order valence-electron chi connectivity index (χ2n) is 4.68. The van der Waals surface area contributed by atoms with Crippen molar-refractivity contribution in [2.75, 3.05) is 19.8 Å². The van der Waals surface area contributed by atoms with Crippen LogP contribution in [0, 0.1) is 11.3 Å². The van der Waals surface area contributed by atoms with E-state index in [2.05, 4.69) is 32.8 Å². The minimum atomic E-state index is 0.589. The Hall–Kier alpha value is 0.390. The first-order valence-electron chi connectivity index (χ1n) is 5.51. The van der Waals surface area contributed by atoms with E-state index in [0.717, 1.165) is 20.2 Å². The van der Waals surface area contributed by atoms with E-state index in [-0.39, 0.29) is 0 Å². The molecule has 3 atom stereocenters. The highest BCUT2D eigenvalue weighted by molar-refractivity contribution is 7.37. The van der Waals surface area contributed by atoms with Gasteiger partial charge in [0, 0.05) is 6.54 Å². The zero-order valence-electron chi connectivity index (χ0n) is 9.48. The summed E-state index contributed by atoms with van der Waals surface area (Å²) in [5.41, 5.74) is 1.48. The molecule has 0 spiro atoms. The summed E-state index contributed by atoms with van der Waals surface area (Å²) in [5.74, 6) is 0.822. The van der Waals surface area contributed by atoms with Crippen LogP contribution < -0.4 is 5.32 Å². The molecule has 0 saturated carbocycles. The molecule has 1 heterocycles. The fourth-order valence-electron chi connectivity index (χ4n) is 2.60. The summed E-state index contributed by atoms with van der Waals surface area (Å²) in [5, 5.41) is 3.58. The Bertz CT molecular complexity index is 150. The van der Waals surface area contributed by atoms with Crippen LogP contribution in [0.4, 0.5) is 0 Å². The Morgan fingerprint density at radius 2 is 2.00 bits per heavy atom. The van der Waals surface area contributed by atoms with Crippen molar-refractivity contribution in [3.05, 3.63) is 0 Å². The molecule has 78 valence electrons. The van der Waals surface area contributed by atoms with Crippen LogP contribution in [-0.2, 0) is 0 Å². The molecule has 1 aliphatic heterocycles. The van der Waals surface area contributed by atoms with Gasteiger partial charge in [0.15, 0.2) is 0 Å². The summed E-state index contributed by atoms with van der Waals surface area (Å²) in [4.78, 5) is 0. The second kappa shape index (κ2) is 4.75. The Kier molecular flexibility index (Phi) is 4.19. The maximum absolute atomic E-state index is 3.58. The van der Waals surface area contributed by atoms with Crippen molar-refractivity contribution >= 4 is 8.58 Å². The molecule has 1 aliphatic rings. The van der Waals surface area contributed by atoms with Crippen LogP contribution in [0.15, 0.2) is 0 Å². The minimum absolute atomic E-state index is 0.589. The van der Waals surface area contributed by atoms with Crippen LogP contribution in [0.1, 0.15) is 33.6 Å². The van der Waals surface area contributed by atoms with E-state index >= 15 is 0 Å². The van der Waals surface area contributed by atoms with Crippen LogP contribution in [0.25, 0.3) is 0 Å². The first-order chi connectivity index (χ1) is 6.13. The van der Waals surface area contributed by atoms with E-state index in [1.807, 2.05) is 0 Å². The van der Waals surface area contributed by atoms with Gasteiger partial charge in [-0.25, -0.2) is 0 Å². The molecule has 0 amide bonds. The average molecular weight is 201 g/mol. The Labute approximate surface area is 84.8 Å². The summed E-state index contributed by atoms with van der Waals surface area (Å²) < 4.78 is 0. The van der Waals surface area contributed by atoms with Crippen molar-refractivity contribution in [2.45, 2.75) is 39.3 Å². The van der Waals surface area contributed by atoms with Gasteiger partial charge in [-0.05, 0) is 43.0 Å². The molecular weight excluding hydrogens is 177 g/mol. The van der Waals surface area contributed by atoms with Crippen molar-refractivity contribution in [1.29, 1.82) is 0 Å². The van der Waals surface area contributed by atoms with Crippen molar-refractivity contribution in [1.82, 2.24) is 5.32 Å². The van der Waals surface area contributed by atoms with E-state index in [0.29, 0.717) is 5.41 Å².